The molecule has 0 saturated heterocycles. The number of sulfone groups is 1. The molecular weight excluding hydrogens is 274 g/mol. The van der Waals surface area contributed by atoms with Gasteiger partial charge in [0.25, 0.3) is 0 Å². The molecule has 1 atom stereocenters. The summed E-state index contributed by atoms with van der Waals surface area (Å²) in [5.41, 5.74) is 0. The van der Waals surface area contributed by atoms with E-state index in [2.05, 4.69) is 15.3 Å². The van der Waals surface area contributed by atoms with Gasteiger partial charge in [0, 0.05) is 24.8 Å². The van der Waals surface area contributed by atoms with Gasteiger partial charge >= 0.3 is 0 Å². The number of halogens is 1. The zero-order valence-electron chi connectivity index (χ0n) is 10.8. The number of nitrogens with one attached hydrogen (secondary N) is 1. The fourth-order valence-electron chi connectivity index (χ4n) is 1.62. The summed E-state index contributed by atoms with van der Waals surface area (Å²) in [6.07, 6.45) is 2.88. The Labute approximate surface area is 113 Å². The van der Waals surface area contributed by atoms with Crippen LogP contribution in [0.15, 0.2) is 6.07 Å². The quantitative estimate of drug-likeness (QED) is 0.811. The maximum atomic E-state index is 11.2. The molecule has 1 heterocycles. The van der Waals surface area contributed by atoms with Crippen LogP contribution < -0.4 is 5.32 Å². The Balaban J connectivity index is 2.77. The maximum Gasteiger partial charge on any atom is 0.149 e. The molecule has 0 aromatic carbocycles. The Morgan fingerprint density at radius 3 is 2.67 bits per heavy atom. The summed E-state index contributed by atoms with van der Waals surface area (Å²) < 4.78 is 22.3. The first-order chi connectivity index (χ1) is 8.30. The Morgan fingerprint density at radius 1 is 1.44 bits per heavy atom. The van der Waals surface area contributed by atoms with Crippen LogP contribution in [-0.4, -0.2) is 36.4 Å². The summed E-state index contributed by atoms with van der Waals surface area (Å²) in [5.74, 6) is 1.28. The Morgan fingerprint density at radius 2 is 2.11 bits per heavy atom. The smallest absolute Gasteiger partial charge is 0.149 e. The first-order valence-electron chi connectivity index (χ1n) is 5.78. The van der Waals surface area contributed by atoms with E-state index in [0.29, 0.717) is 16.8 Å². The van der Waals surface area contributed by atoms with Gasteiger partial charge in [-0.25, -0.2) is 18.4 Å². The highest BCUT2D eigenvalue weighted by molar-refractivity contribution is 7.90. The lowest BCUT2D eigenvalue weighted by atomic mass is 10.3. The van der Waals surface area contributed by atoms with Crippen molar-refractivity contribution in [1.29, 1.82) is 0 Å². The molecule has 1 aromatic heterocycles. The average Bonchev–Trinajstić information content (AvgIpc) is 2.12. The molecule has 1 unspecified atom stereocenters. The highest BCUT2D eigenvalue weighted by atomic mass is 35.5. The van der Waals surface area contributed by atoms with Crippen molar-refractivity contribution < 1.29 is 8.42 Å². The van der Waals surface area contributed by atoms with Crippen molar-refractivity contribution in [1.82, 2.24) is 9.97 Å². The topological polar surface area (TPSA) is 72.0 Å². The standard InChI is InChI=1S/C11H18ClN3O2S/c1-4-5-10-14-9(12)6-11(15-10)13-8(2)7-18(3,16)17/h6,8H,4-5,7H2,1-3H3,(H,13,14,15). The second kappa shape index (κ2) is 6.33. The Bertz CT molecular complexity index is 505. The lowest BCUT2D eigenvalue weighted by molar-refractivity contribution is 0.598. The molecule has 0 radical (unpaired) electrons. The first kappa shape index (κ1) is 15.2. The van der Waals surface area contributed by atoms with Crippen LogP contribution in [0.3, 0.4) is 0 Å². The minimum absolute atomic E-state index is 0.0533. The van der Waals surface area contributed by atoms with Crippen molar-refractivity contribution >= 4 is 27.3 Å². The zero-order chi connectivity index (χ0) is 13.8. The number of hydrogen-bond donors (Lipinski definition) is 1. The van der Waals surface area contributed by atoms with Crippen LogP contribution >= 0.6 is 11.6 Å². The van der Waals surface area contributed by atoms with Crippen LogP contribution in [0.4, 0.5) is 5.82 Å². The second-order valence-electron chi connectivity index (χ2n) is 4.38. The lowest BCUT2D eigenvalue weighted by Gasteiger charge is -2.14. The molecule has 18 heavy (non-hydrogen) atoms. The van der Waals surface area contributed by atoms with E-state index >= 15 is 0 Å². The van der Waals surface area contributed by atoms with Gasteiger partial charge in [-0.1, -0.05) is 18.5 Å². The van der Waals surface area contributed by atoms with Gasteiger partial charge in [-0.05, 0) is 13.3 Å². The molecular formula is C11H18ClN3O2S. The van der Waals surface area contributed by atoms with Crippen molar-refractivity contribution in [2.75, 3.05) is 17.3 Å². The van der Waals surface area contributed by atoms with Gasteiger partial charge in [0.15, 0.2) is 0 Å². The fraction of sp³-hybridized carbons (Fsp3) is 0.636. The van der Waals surface area contributed by atoms with Gasteiger partial charge in [-0.3, -0.25) is 0 Å². The van der Waals surface area contributed by atoms with Crippen molar-refractivity contribution in [2.24, 2.45) is 0 Å². The van der Waals surface area contributed by atoms with Gasteiger partial charge in [0.1, 0.15) is 26.6 Å². The largest absolute Gasteiger partial charge is 0.366 e. The highest BCUT2D eigenvalue weighted by Crippen LogP contribution is 2.13. The molecule has 0 fully saturated rings. The number of hydrogen-bond acceptors (Lipinski definition) is 5. The van der Waals surface area contributed by atoms with Crippen LogP contribution in [0.2, 0.25) is 5.15 Å². The van der Waals surface area contributed by atoms with E-state index in [-0.39, 0.29) is 11.8 Å². The van der Waals surface area contributed by atoms with E-state index in [1.54, 1.807) is 13.0 Å². The Hall–Kier alpha value is -0.880. The minimum Gasteiger partial charge on any atom is -0.366 e. The summed E-state index contributed by atoms with van der Waals surface area (Å²) in [4.78, 5) is 8.39. The maximum absolute atomic E-state index is 11.2. The third-order valence-corrected chi connectivity index (χ3v) is 3.46. The molecule has 0 bridgehead atoms. The summed E-state index contributed by atoms with van der Waals surface area (Å²) in [6.45, 7) is 3.82. The predicted molar refractivity (Wildman–Crippen MR) is 73.8 cm³/mol. The molecule has 7 heteroatoms. The van der Waals surface area contributed by atoms with Gasteiger partial charge < -0.3 is 5.32 Å². The van der Waals surface area contributed by atoms with Gasteiger partial charge in [0.2, 0.25) is 0 Å². The minimum atomic E-state index is -3.01. The van der Waals surface area contributed by atoms with E-state index in [9.17, 15) is 8.42 Å². The van der Waals surface area contributed by atoms with Crippen molar-refractivity contribution in [3.8, 4) is 0 Å². The third kappa shape index (κ3) is 5.64. The Kier molecular flexibility index (Phi) is 5.34. The van der Waals surface area contributed by atoms with Crippen LogP contribution in [-0.2, 0) is 16.3 Å². The molecule has 0 amide bonds. The molecule has 1 rings (SSSR count). The lowest BCUT2D eigenvalue weighted by Crippen LogP contribution is -2.25. The van der Waals surface area contributed by atoms with Crippen molar-refractivity contribution in [2.45, 2.75) is 32.7 Å². The number of rotatable bonds is 6. The van der Waals surface area contributed by atoms with Crippen molar-refractivity contribution in [3.05, 3.63) is 17.0 Å². The molecule has 102 valence electrons. The van der Waals surface area contributed by atoms with E-state index in [0.717, 1.165) is 12.8 Å². The normalized spacial score (nSPS) is 13.3. The molecule has 0 aliphatic carbocycles. The van der Waals surface area contributed by atoms with E-state index in [4.69, 9.17) is 11.6 Å². The highest BCUT2D eigenvalue weighted by Gasteiger charge is 2.11. The first-order valence-corrected chi connectivity index (χ1v) is 8.21. The van der Waals surface area contributed by atoms with Crippen LogP contribution in [0.25, 0.3) is 0 Å². The van der Waals surface area contributed by atoms with Crippen molar-refractivity contribution in [3.63, 3.8) is 0 Å². The summed E-state index contributed by atoms with van der Waals surface area (Å²) in [5, 5.41) is 3.39. The van der Waals surface area contributed by atoms with Gasteiger partial charge in [-0.15, -0.1) is 0 Å². The molecule has 1 aromatic rings. The number of nitrogens with zero attached hydrogens (tertiary/aromatic N) is 2. The number of aryl methyl sites for hydroxylation is 1. The molecule has 1 N–H and O–H groups in total. The van der Waals surface area contributed by atoms with E-state index in [1.807, 2.05) is 6.92 Å². The molecule has 0 aliphatic heterocycles. The molecule has 0 aliphatic rings. The summed E-state index contributed by atoms with van der Waals surface area (Å²) in [6, 6.07) is 1.37. The second-order valence-corrected chi connectivity index (χ2v) is 6.95. The van der Waals surface area contributed by atoms with E-state index < -0.39 is 9.84 Å². The van der Waals surface area contributed by atoms with E-state index in [1.165, 1.54) is 6.26 Å². The summed E-state index contributed by atoms with van der Waals surface area (Å²) >= 11 is 5.89. The third-order valence-electron chi connectivity index (χ3n) is 2.16. The SMILES string of the molecule is CCCc1nc(Cl)cc(NC(C)CS(C)(=O)=O)n1. The van der Waals surface area contributed by atoms with Gasteiger partial charge in [0.05, 0.1) is 5.75 Å². The fourth-order valence-corrected chi connectivity index (χ4v) is 2.81. The average molecular weight is 292 g/mol. The van der Waals surface area contributed by atoms with Crippen LogP contribution in [0.1, 0.15) is 26.1 Å². The number of anilines is 1. The predicted octanol–water partition coefficient (Wildman–Crippen LogP) is 1.93. The zero-order valence-corrected chi connectivity index (χ0v) is 12.3. The van der Waals surface area contributed by atoms with Crippen LogP contribution in [0.5, 0.6) is 0 Å². The molecule has 5 nitrogen and oxygen atoms in total. The monoisotopic (exact) mass is 291 g/mol. The number of aromatic nitrogens is 2. The molecule has 0 spiro atoms. The molecule has 0 saturated carbocycles. The van der Waals surface area contributed by atoms with Gasteiger partial charge in [-0.2, -0.15) is 0 Å². The van der Waals surface area contributed by atoms with Crippen LogP contribution in [0, 0.1) is 0 Å². The summed E-state index contributed by atoms with van der Waals surface area (Å²) in [7, 11) is -3.01.